The number of anilines is 1. The zero-order valence-corrected chi connectivity index (χ0v) is 12.2. The van der Waals surface area contributed by atoms with Crippen molar-refractivity contribution in [1.82, 2.24) is 5.32 Å². The number of unbranched alkanes of at least 4 members (excludes halogenated alkanes) is 4. The Hall–Kier alpha value is -1.71. The van der Waals surface area contributed by atoms with Crippen LogP contribution in [-0.2, 0) is 0 Å². The van der Waals surface area contributed by atoms with Gasteiger partial charge < -0.3 is 10.1 Å². The molecular weight excluding hydrogens is 252 g/mol. The Morgan fingerprint density at radius 2 is 1.90 bits per heavy atom. The summed E-state index contributed by atoms with van der Waals surface area (Å²) < 4.78 is 5.71. The number of carbonyl (C=O) groups excluding carboxylic acids is 1. The lowest BCUT2D eigenvalue weighted by Crippen LogP contribution is -2.27. The molecule has 1 aliphatic heterocycles. The van der Waals surface area contributed by atoms with Crippen LogP contribution < -0.4 is 15.0 Å². The smallest absolute Gasteiger partial charge is 0.321 e. The van der Waals surface area contributed by atoms with Crippen LogP contribution in [0.2, 0.25) is 0 Å². The van der Waals surface area contributed by atoms with Gasteiger partial charge in [0, 0.05) is 18.8 Å². The van der Waals surface area contributed by atoms with Gasteiger partial charge in [0.15, 0.2) is 0 Å². The molecule has 0 atom stereocenters. The molecule has 1 saturated heterocycles. The van der Waals surface area contributed by atoms with Crippen LogP contribution in [0.25, 0.3) is 0 Å². The highest BCUT2D eigenvalue weighted by Gasteiger charge is 2.20. The Morgan fingerprint density at radius 3 is 2.55 bits per heavy atom. The second kappa shape index (κ2) is 7.78. The Morgan fingerprint density at radius 1 is 1.15 bits per heavy atom. The Labute approximate surface area is 121 Å². The van der Waals surface area contributed by atoms with Crippen molar-refractivity contribution in [3.8, 4) is 5.75 Å². The van der Waals surface area contributed by atoms with Crippen molar-refractivity contribution >= 4 is 11.7 Å². The number of nitrogens with zero attached hydrogens (tertiary/aromatic N) is 1. The first-order valence-corrected chi connectivity index (χ1v) is 7.59. The number of benzene rings is 1. The summed E-state index contributed by atoms with van der Waals surface area (Å²) in [6.45, 7) is 4.44. The molecule has 110 valence electrons. The van der Waals surface area contributed by atoms with Gasteiger partial charge in [-0.05, 0) is 30.7 Å². The summed E-state index contributed by atoms with van der Waals surface area (Å²) in [4.78, 5) is 13.3. The van der Waals surface area contributed by atoms with Gasteiger partial charge in [-0.1, -0.05) is 32.6 Å². The second-order valence-corrected chi connectivity index (χ2v) is 5.14. The van der Waals surface area contributed by atoms with Gasteiger partial charge >= 0.3 is 6.03 Å². The summed E-state index contributed by atoms with van der Waals surface area (Å²) in [5.74, 6) is 0.879. The molecule has 0 unspecified atom stereocenters. The van der Waals surface area contributed by atoms with Crippen LogP contribution in [0.1, 0.15) is 39.0 Å². The van der Waals surface area contributed by atoms with Crippen LogP contribution in [-0.4, -0.2) is 25.7 Å². The van der Waals surface area contributed by atoms with E-state index in [0.29, 0.717) is 0 Å². The van der Waals surface area contributed by atoms with Crippen LogP contribution in [0.3, 0.4) is 0 Å². The fourth-order valence-corrected chi connectivity index (χ4v) is 2.34. The molecule has 4 nitrogen and oxygen atoms in total. The van der Waals surface area contributed by atoms with Gasteiger partial charge in [0.2, 0.25) is 0 Å². The number of carbonyl (C=O) groups is 1. The molecule has 1 fully saturated rings. The zero-order valence-electron chi connectivity index (χ0n) is 12.2. The quantitative estimate of drug-likeness (QED) is 0.738. The van der Waals surface area contributed by atoms with Gasteiger partial charge in [-0.25, -0.2) is 4.79 Å². The van der Waals surface area contributed by atoms with Crippen LogP contribution in [0, 0.1) is 0 Å². The summed E-state index contributed by atoms with van der Waals surface area (Å²) in [5, 5.41) is 2.80. The molecule has 0 aromatic heterocycles. The topological polar surface area (TPSA) is 41.6 Å². The maximum atomic E-state index is 11.5. The van der Waals surface area contributed by atoms with E-state index >= 15 is 0 Å². The highest BCUT2D eigenvalue weighted by Crippen LogP contribution is 2.21. The van der Waals surface area contributed by atoms with Crippen molar-refractivity contribution in [2.45, 2.75) is 39.0 Å². The average Bonchev–Trinajstić information content (AvgIpc) is 2.90. The van der Waals surface area contributed by atoms with Crippen LogP contribution in [0.4, 0.5) is 10.5 Å². The predicted molar refractivity (Wildman–Crippen MR) is 81.4 cm³/mol. The highest BCUT2D eigenvalue weighted by atomic mass is 16.5. The van der Waals surface area contributed by atoms with Crippen molar-refractivity contribution in [2.75, 3.05) is 24.6 Å². The Bertz CT molecular complexity index is 417. The number of urea groups is 1. The van der Waals surface area contributed by atoms with E-state index in [1.807, 2.05) is 24.3 Å². The lowest BCUT2D eigenvalue weighted by molar-refractivity contribution is 0.252. The predicted octanol–water partition coefficient (Wildman–Crippen LogP) is 3.57. The number of ether oxygens (including phenoxy) is 1. The third kappa shape index (κ3) is 4.15. The lowest BCUT2D eigenvalue weighted by Gasteiger charge is -2.14. The molecule has 0 bridgehead atoms. The maximum absolute atomic E-state index is 11.5. The van der Waals surface area contributed by atoms with Gasteiger partial charge in [0.25, 0.3) is 0 Å². The molecule has 0 aliphatic carbocycles. The molecule has 1 N–H and O–H groups in total. The third-order valence-electron chi connectivity index (χ3n) is 3.52. The first-order valence-electron chi connectivity index (χ1n) is 7.59. The van der Waals surface area contributed by atoms with E-state index in [2.05, 4.69) is 12.2 Å². The second-order valence-electron chi connectivity index (χ2n) is 5.14. The van der Waals surface area contributed by atoms with Crippen LogP contribution >= 0.6 is 0 Å². The summed E-state index contributed by atoms with van der Waals surface area (Å²) in [6.07, 6.45) is 6.22. The summed E-state index contributed by atoms with van der Waals surface area (Å²) in [7, 11) is 0. The standard InChI is InChI=1S/C16H24N2O2/c1-2-3-4-5-6-13-20-15-9-7-14(8-10-15)18-12-11-17-16(18)19/h7-10H,2-6,11-13H2,1H3,(H,17,19). The lowest BCUT2D eigenvalue weighted by atomic mass is 10.2. The third-order valence-corrected chi connectivity index (χ3v) is 3.52. The SMILES string of the molecule is CCCCCCCOc1ccc(N2CCNC2=O)cc1. The van der Waals surface area contributed by atoms with E-state index in [1.54, 1.807) is 4.90 Å². The van der Waals surface area contributed by atoms with E-state index in [9.17, 15) is 4.79 Å². The molecule has 0 saturated carbocycles. The largest absolute Gasteiger partial charge is 0.494 e. The molecule has 0 spiro atoms. The molecule has 1 aromatic carbocycles. The minimum Gasteiger partial charge on any atom is -0.494 e. The Balaban J connectivity index is 1.73. The van der Waals surface area contributed by atoms with Gasteiger partial charge in [-0.15, -0.1) is 0 Å². The molecule has 1 aromatic rings. The summed E-state index contributed by atoms with van der Waals surface area (Å²) in [5.41, 5.74) is 0.926. The highest BCUT2D eigenvalue weighted by molar-refractivity contribution is 5.94. The fraction of sp³-hybridized carbons (Fsp3) is 0.562. The molecule has 1 heterocycles. The van der Waals surface area contributed by atoms with Crippen molar-refractivity contribution < 1.29 is 9.53 Å². The van der Waals surface area contributed by atoms with Crippen molar-refractivity contribution in [3.05, 3.63) is 24.3 Å². The number of amides is 2. The molecule has 20 heavy (non-hydrogen) atoms. The zero-order chi connectivity index (χ0) is 14.2. The van der Waals surface area contributed by atoms with Crippen molar-refractivity contribution in [1.29, 1.82) is 0 Å². The molecule has 1 aliphatic rings. The first kappa shape index (κ1) is 14.7. The van der Waals surface area contributed by atoms with Gasteiger partial charge in [0.05, 0.1) is 6.61 Å². The summed E-state index contributed by atoms with van der Waals surface area (Å²) >= 11 is 0. The summed E-state index contributed by atoms with van der Waals surface area (Å²) in [6, 6.07) is 7.74. The number of hydrogen-bond donors (Lipinski definition) is 1. The van der Waals surface area contributed by atoms with E-state index in [4.69, 9.17) is 4.74 Å². The van der Waals surface area contributed by atoms with Crippen molar-refractivity contribution in [2.24, 2.45) is 0 Å². The molecule has 2 rings (SSSR count). The minimum atomic E-state index is -0.0189. The van der Waals surface area contributed by atoms with Gasteiger partial charge in [-0.2, -0.15) is 0 Å². The molecule has 0 radical (unpaired) electrons. The average molecular weight is 276 g/mol. The van der Waals surface area contributed by atoms with E-state index in [0.717, 1.165) is 37.6 Å². The van der Waals surface area contributed by atoms with E-state index in [-0.39, 0.29) is 6.03 Å². The molecule has 4 heteroatoms. The fourth-order valence-electron chi connectivity index (χ4n) is 2.34. The normalized spacial score (nSPS) is 14.4. The minimum absolute atomic E-state index is 0.0189. The van der Waals surface area contributed by atoms with Crippen molar-refractivity contribution in [3.63, 3.8) is 0 Å². The number of rotatable bonds is 8. The van der Waals surface area contributed by atoms with Crippen LogP contribution in [0.5, 0.6) is 5.75 Å². The number of hydrogen-bond acceptors (Lipinski definition) is 2. The van der Waals surface area contributed by atoms with Gasteiger partial charge in [0.1, 0.15) is 5.75 Å². The van der Waals surface area contributed by atoms with E-state index in [1.165, 1.54) is 25.7 Å². The molecular formula is C16H24N2O2. The van der Waals surface area contributed by atoms with Crippen LogP contribution in [0.15, 0.2) is 24.3 Å². The number of nitrogens with one attached hydrogen (secondary N) is 1. The van der Waals surface area contributed by atoms with Gasteiger partial charge in [-0.3, -0.25) is 4.90 Å². The first-order chi connectivity index (χ1) is 9.81. The Kier molecular flexibility index (Phi) is 5.71. The van der Waals surface area contributed by atoms with E-state index < -0.39 is 0 Å². The molecule has 2 amide bonds. The monoisotopic (exact) mass is 276 g/mol. The maximum Gasteiger partial charge on any atom is 0.321 e.